The Balaban J connectivity index is 1.22. The number of aliphatic hydroxyl groups excluding tert-OH is 1. The van der Waals surface area contributed by atoms with Crippen LogP contribution in [-0.2, 0) is 12.8 Å². The third kappa shape index (κ3) is 6.41. The smallest absolute Gasteiger partial charge is 0.343 e. The molecule has 0 saturated carbocycles. The van der Waals surface area contributed by atoms with Gasteiger partial charge in [0.2, 0.25) is 0 Å². The van der Waals surface area contributed by atoms with Crippen molar-refractivity contribution in [3.8, 4) is 5.75 Å². The topological polar surface area (TPSA) is 73.2 Å². The van der Waals surface area contributed by atoms with Gasteiger partial charge >= 0.3 is 5.97 Å². The van der Waals surface area contributed by atoms with E-state index in [0.29, 0.717) is 17.7 Å². The third-order valence-electron chi connectivity index (χ3n) is 9.46. The van der Waals surface area contributed by atoms with E-state index in [1.165, 1.54) is 5.56 Å². The molecule has 224 valence electrons. The van der Waals surface area contributed by atoms with Crippen molar-refractivity contribution in [1.82, 2.24) is 4.90 Å². The summed E-state index contributed by atoms with van der Waals surface area (Å²) in [5.41, 5.74) is 3.93. The fourth-order valence-electron chi connectivity index (χ4n) is 7.34. The van der Waals surface area contributed by atoms with Crippen LogP contribution < -0.4 is 9.64 Å². The van der Waals surface area contributed by atoms with Crippen molar-refractivity contribution in [3.63, 3.8) is 0 Å². The van der Waals surface area contributed by atoms with E-state index in [9.17, 15) is 15.0 Å². The SMILES string of the molecule is CCc1cc(N(CC)CC)ccc1C(=O)Oc1ccc([C@@H](O)[C@H](C)N2C3CCC2CC(O)(Cc2ccccc2)C3)cc1. The number of hydrogen-bond acceptors (Lipinski definition) is 6. The van der Waals surface area contributed by atoms with Gasteiger partial charge in [-0.3, -0.25) is 4.90 Å². The van der Waals surface area contributed by atoms with Gasteiger partial charge in [0.25, 0.3) is 0 Å². The van der Waals surface area contributed by atoms with Gasteiger partial charge in [-0.25, -0.2) is 4.79 Å². The molecule has 0 amide bonds. The first kappa shape index (κ1) is 30.3. The van der Waals surface area contributed by atoms with Gasteiger partial charge in [0.15, 0.2) is 0 Å². The summed E-state index contributed by atoms with van der Waals surface area (Å²) in [6.45, 7) is 10.2. The molecule has 4 atom stereocenters. The number of nitrogens with zero attached hydrogens (tertiary/aromatic N) is 2. The van der Waals surface area contributed by atoms with Crippen LogP contribution in [0.4, 0.5) is 5.69 Å². The van der Waals surface area contributed by atoms with Gasteiger partial charge in [-0.15, -0.1) is 0 Å². The lowest BCUT2D eigenvalue weighted by Crippen LogP contribution is -2.55. The minimum absolute atomic E-state index is 0.0893. The quantitative estimate of drug-likeness (QED) is 0.207. The third-order valence-corrected chi connectivity index (χ3v) is 9.46. The summed E-state index contributed by atoms with van der Waals surface area (Å²) in [7, 11) is 0. The Morgan fingerprint density at radius 1 is 0.976 bits per heavy atom. The van der Waals surface area contributed by atoms with Gasteiger partial charge in [-0.1, -0.05) is 49.4 Å². The van der Waals surface area contributed by atoms with Crippen molar-refractivity contribution in [3.05, 3.63) is 95.1 Å². The van der Waals surface area contributed by atoms with E-state index in [1.54, 1.807) is 12.1 Å². The molecule has 2 saturated heterocycles. The van der Waals surface area contributed by atoms with Crippen molar-refractivity contribution in [2.24, 2.45) is 0 Å². The van der Waals surface area contributed by atoms with Crippen LogP contribution in [0.5, 0.6) is 5.75 Å². The lowest BCUT2D eigenvalue weighted by atomic mass is 9.80. The van der Waals surface area contributed by atoms with Gasteiger partial charge in [-0.05, 0) is 99.9 Å². The summed E-state index contributed by atoms with van der Waals surface area (Å²) in [4.78, 5) is 17.8. The predicted octanol–water partition coefficient (Wildman–Crippen LogP) is 6.34. The van der Waals surface area contributed by atoms with Crippen LogP contribution in [0.15, 0.2) is 72.8 Å². The van der Waals surface area contributed by atoms with E-state index in [2.05, 4.69) is 48.8 Å². The highest BCUT2D eigenvalue weighted by Gasteiger charge is 2.49. The lowest BCUT2D eigenvalue weighted by molar-refractivity contribution is -0.0798. The van der Waals surface area contributed by atoms with Crippen LogP contribution in [0.1, 0.15) is 86.5 Å². The van der Waals surface area contributed by atoms with Crippen LogP contribution in [0.3, 0.4) is 0 Å². The first-order valence-electron chi connectivity index (χ1n) is 15.7. The molecule has 2 fully saturated rings. The zero-order valence-electron chi connectivity index (χ0n) is 25.5. The van der Waals surface area contributed by atoms with Crippen molar-refractivity contribution >= 4 is 11.7 Å². The summed E-state index contributed by atoms with van der Waals surface area (Å²) < 4.78 is 5.75. The Kier molecular flexibility index (Phi) is 9.36. The van der Waals surface area contributed by atoms with E-state index < -0.39 is 11.7 Å². The molecule has 6 heteroatoms. The van der Waals surface area contributed by atoms with Crippen LogP contribution >= 0.6 is 0 Å². The molecule has 2 unspecified atom stereocenters. The lowest BCUT2D eigenvalue weighted by Gasteiger charge is -2.47. The van der Waals surface area contributed by atoms with Crippen LogP contribution in [-0.4, -0.2) is 57.9 Å². The molecule has 6 nitrogen and oxygen atoms in total. The van der Waals surface area contributed by atoms with Gasteiger partial charge < -0.3 is 19.8 Å². The molecule has 42 heavy (non-hydrogen) atoms. The highest BCUT2D eigenvalue weighted by molar-refractivity contribution is 5.93. The maximum Gasteiger partial charge on any atom is 0.343 e. The first-order valence-corrected chi connectivity index (χ1v) is 15.7. The predicted molar refractivity (Wildman–Crippen MR) is 168 cm³/mol. The zero-order chi connectivity index (χ0) is 29.9. The van der Waals surface area contributed by atoms with Crippen molar-refractivity contribution in [2.75, 3.05) is 18.0 Å². The maximum atomic E-state index is 13.1. The van der Waals surface area contributed by atoms with E-state index in [-0.39, 0.29) is 24.1 Å². The summed E-state index contributed by atoms with van der Waals surface area (Å²) in [6.07, 6.45) is 4.26. The van der Waals surface area contributed by atoms with Crippen LogP contribution in [0.25, 0.3) is 0 Å². The van der Waals surface area contributed by atoms with Gasteiger partial charge in [0, 0.05) is 43.3 Å². The average Bonchev–Trinajstić information content (AvgIpc) is 3.29. The van der Waals surface area contributed by atoms with E-state index in [4.69, 9.17) is 4.74 Å². The molecule has 0 radical (unpaired) electrons. The minimum Gasteiger partial charge on any atom is -0.423 e. The minimum atomic E-state index is -0.705. The van der Waals surface area contributed by atoms with Crippen molar-refractivity contribution in [2.45, 2.75) is 96.1 Å². The number of carbonyl (C=O) groups is 1. The second-order valence-corrected chi connectivity index (χ2v) is 12.1. The standard InChI is InChI=1S/C36H46N2O4/c1-5-27-21-29(37(6-2)7-3)17-20-33(27)35(40)42-32-18-13-28(14-19-32)34(39)25(4)38-30-15-16-31(38)24-36(41,23-30)22-26-11-9-8-10-12-26/h8-14,17-21,25,30-31,34,39,41H,5-7,15-16,22-24H2,1-4H3/t25-,30?,31?,34-,36?/m0/s1. The zero-order valence-corrected chi connectivity index (χ0v) is 25.5. The monoisotopic (exact) mass is 570 g/mol. The second-order valence-electron chi connectivity index (χ2n) is 12.1. The molecular formula is C36H46N2O4. The summed E-state index contributed by atoms with van der Waals surface area (Å²) >= 11 is 0. The summed E-state index contributed by atoms with van der Waals surface area (Å²) in [5, 5.41) is 22.9. The number of carbonyl (C=O) groups excluding carboxylic acids is 1. The molecular weight excluding hydrogens is 524 g/mol. The number of aryl methyl sites for hydroxylation is 1. The number of aliphatic hydroxyl groups is 2. The number of esters is 1. The van der Waals surface area contributed by atoms with Crippen LogP contribution in [0, 0.1) is 0 Å². The highest BCUT2D eigenvalue weighted by Crippen LogP contribution is 2.45. The molecule has 5 rings (SSSR count). The number of ether oxygens (including phenoxy) is 1. The summed E-state index contributed by atoms with van der Waals surface area (Å²) in [6, 6.07) is 23.8. The molecule has 2 N–H and O–H groups in total. The second kappa shape index (κ2) is 13.0. The normalized spacial score (nSPS) is 23.4. The number of anilines is 1. The molecule has 0 aliphatic carbocycles. The number of rotatable bonds is 11. The molecule has 2 heterocycles. The van der Waals surface area contributed by atoms with E-state index in [0.717, 1.165) is 62.0 Å². The number of piperidine rings is 1. The van der Waals surface area contributed by atoms with Gasteiger partial charge in [-0.2, -0.15) is 0 Å². The molecule has 2 aliphatic heterocycles. The Morgan fingerprint density at radius 2 is 1.62 bits per heavy atom. The largest absolute Gasteiger partial charge is 0.423 e. The Hall–Kier alpha value is -3.19. The van der Waals surface area contributed by atoms with E-state index in [1.807, 2.05) is 49.4 Å². The summed E-state index contributed by atoms with van der Waals surface area (Å²) in [5.74, 6) is 0.0926. The van der Waals surface area contributed by atoms with Crippen molar-refractivity contribution < 1.29 is 19.7 Å². The average molecular weight is 571 g/mol. The van der Waals surface area contributed by atoms with E-state index >= 15 is 0 Å². The number of fused-ring (bicyclic) bond motifs is 2. The Labute approximate surface area is 250 Å². The van der Waals surface area contributed by atoms with Gasteiger partial charge in [0.1, 0.15) is 5.75 Å². The molecule has 0 spiro atoms. The Morgan fingerprint density at radius 3 is 2.21 bits per heavy atom. The molecule has 2 bridgehead atoms. The fourth-order valence-corrected chi connectivity index (χ4v) is 7.34. The maximum absolute atomic E-state index is 13.1. The van der Waals surface area contributed by atoms with Crippen molar-refractivity contribution in [1.29, 1.82) is 0 Å². The first-order chi connectivity index (χ1) is 20.2. The van der Waals surface area contributed by atoms with Crippen LogP contribution in [0.2, 0.25) is 0 Å². The van der Waals surface area contributed by atoms with Gasteiger partial charge in [0.05, 0.1) is 17.3 Å². The highest BCUT2D eigenvalue weighted by atomic mass is 16.5. The molecule has 0 aromatic heterocycles. The Bertz CT molecular complexity index is 1320. The molecule has 3 aromatic rings. The molecule has 2 aliphatic rings. The number of benzene rings is 3. The molecule has 3 aromatic carbocycles. The fraction of sp³-hybridized carbons (Fsp3) is 0.472. The number of hydrogen-bond donors (Lipinski definition) is 2.